The van der Waals surface area contributed by atoms with E-state index in [1.165, 1.54) is 4.52 Å². The van der Waals surface area contributed by atoms with Crippen LogP contribution in [-0.2, 0) is 0 Å². The van der Waals surface area contributed by atoms with Crippen molar-refractivity contribution >= 4 is 21.8 Å². The van der Waals surface area contributed by atoms with Crippen molar-refractivity contribution in [3.8, 4) is 44.5 Å². The first kappa shape index (κ1) is 24.1. The molecule has 0 bridgehead atoms. The number of nitrogens with zero attached hydrogens (tertiary/aromatic N) is 2. The maximum atomic E-state index is 13.8. The van der Waals surface area contributed by atoms with Crippen LogP contribution >= 0.6 is 0 Å². The second kappa shape index (κ2) is 9.43. The summed E-state index contributed by atoms with van der Waals surface area (Å²) in [7, 11) is 0. The van der Waals surface area contributed by atoms with Crippen LogP contribution in [0.3, 0.4) is 0 Å². The topological polar surface area (TPSA) is 43.0 Å². The molecule has 0 amide bonds. The third-order valence-electron chi connectivity index (χ3n) is 8.14. The summed E-state index contributed by atoms with van der Waals surface area (Å²) in [4.78, 5) is 27.5. The molecule has 2 heterocycles. The summed E-state index contributed by atoms with van der Waals surface area (Å²) in [5.41, 5.74) is 9.15. The summed E-state index contributed by atoms with van der Waals surface area (Å²) < 4.78 is 3.03. The van der Waals surface area contributed by atoms with Gasteiger partial charge in [-0.05, 0) is 68.8 Å². The minimum Gasteiger partial charge on any atom is -0.267 e. The number of aromatic nitrogens is 2. The summed E-state index contributed by atoms with van der Waals surface area (Å²) in [6, 6.07) is 48.6. The molecule has 0 atom stereocenters. The summed E-state index contributed by atoms with van der Waals surface area (Å²) >= 11 is 0. The van der Waals surface area contributed by atoms with Gasteiger partial charge in [0.05, 0.1) is 21.8 Å². The van der Waals surface area contributed by atoms with Crippen LogP contribution in [0.4, 0.5) is 0 Å². The van der Waals surface area contributed by atoms with E-state index in [0.29, 0.717) is 21.8 Å². The second-order valence-electron chi connectivity index (χ2n) is 10.5. The SMILES string of the molecule is O=c1c2cc(-c3ccccc3-c3ccccc3)ccc2n2c3ccc(-c4ccccc4-c4ccccc4)cc3c(=O)n12. The molecule has 0 saturated heterocycles. The number of benzene rings is 6. The molecule has 0 unspecified atom stereocenters. The molecule has 6 aromatic carbocycles. The van der Waals surface area contributed by atoms with Gasteiger partial charge in [0.25, 0.3) is 11.1 Å². The molecule has 0 spiro atoms. The lowest BCUT2D eigenvalue weighted by Gasteiger charge is -2.10. The summed E-state index contributed by atoms with van der Waals surface area (Å²) in [5, 5.41) is 1.04. The monoisotopic (exact) mass is 540 g/mol. The highest BCUT2D eigenvalue weighted by Crippen LogP contribution is 2.35. The number of hydrogen-bond donors (Lipinski definition) is 0. The van der Waals surface area contributed by atoms with Gasteiger partial charge < -0.3 is 0 Å². The fourth-order valence-corrected chi connectivity index (χ4v) is 6.18. The van der Waals surface area contributed by atoms with Crippen LogP contribution in [0.15, 0.2) is 155 Å². The van der Waals surface area contributed by atoms with Gasteiger partial charge in [0, 0.05) is 0 Å². The van der Waals surface area contributed by atoms with Crippen molar-refractivity contribution in [2.24, 2.45) is 0 Å². The lowest BCUT2D eigenvalue weighted by Crippen LogP contribution is -2.21. The molecule has 2 aromatic heterocycles. The zero-order valence-electron chi connectivity index (χ0n) is 22.6. The van der Waals surface area contributed by atoms with Crippen molar-refractivity contribution in [2.45, 2.75) is 0 Å². The van der Waals surface area contributed by atoms with Crippen LogP contribution in [0.2, 0.25) is 0 Å². The Balaban J connectivity index is 1.30. The second-order valence-corrected chi connectivity index (χ2v) is 10.5. The molecular weight excluding hydrogens is 516 g/mol. The van der Waals surface area contributed by atoms with Gasteiger partial charge in [0.15, 0.2) is 0 Å². The molecule has 198 valence electrons. The molecule has 0 fully saturated rings. The van der Waals surface area contributed by atoms with Gasteiger partial charge in [-0.2, -0.15) is 4.52 Å². The van der Waals surface area contributed by atoms with E-state index in [1.807, 2.05) is 97.1 Å². The van der Waals surface area contributed by atoms with Gasteiger partial charge in [0.1, 0.15) is 0 Å². The molecule has 0 N–H and O–H groups in total. The van der Waals surface area contributed by atoms with Crippen molar-refractivity contribution in [1.82, 2.24) is 9.03 Å². The highest BCUT2D eigenvalue weighted by atomic mass is 16.2. The van der Waals surface area contributed by atoms with Gasteiger partial charge in [-0.25, -0.2) is 4.52 Å². The zero-order valence-corrected chi connectivity index (χ0v) is 22.6. The van der Waals surface area contributed by atoms with E-state index in [-0.39, 0.29) is 11.1 Å². The van der Waals surface area contributed by atoms with Crippen molar-refractivity contribution < 1.29 is 0 Å². The Morgan fingerprint density at radius 1 is 0.333 bits per heavy atom. The van der Waals surface area contributed by atoms with E-state index in [0.717, 1.165) is 44.5 Å². The third kappa shape index (κ3) is 3.62. The first-order valence-corrected chi connectivity index (χ1v) is 14.0. The molecule has 4 heteroatoms. The Kier molecular flexibility index (Phi) is 5.41. The van der Waals surface area contributed by atoms with E-state index < -0.39 is 0 Å². The van der Waals surface area contributed by atoms with Crippen LogP contribution in [0.25, 0.3) is 66.3 Å². The van der Waals surface area contributed by atoms with E-state index >= 15 is 0 Å². The molecule has 8 aromatic rings. The van der Waals surface area contributed by atoms with Gasteiger partial charge >= 0.3 is 0 Å². The van der Waals surface area contributed by atoms with Crippen LogP contribution in [0, 0.1) is 0 Å². The van der Waals surface area contributed by atoms with Crippen LogP contribution in [-0.4, -0.2) is 9.03 Å². The van der Waals surface area contributed by atoms with E-state index in [9.17, 15) is 9.59 Å². The predicted octanol–water partition coefficient (Wildman–Crippen LogP) is 8.17. The lowest BCUT2D eigenvalue weighted by molar-refractivity contribution is 0.841. The summed E-state index contributed by atoms with van der Waals surface area (Å²) in [6.07, 6.45) is 0. The molecule has 0 saturated carbocycles. The average molecular weight is 541 g/mol. The average Bonchev–Trinajstić information content (AvgIpc) is 3.52. The summed E-state index contributed by atoms with van der Waals surface area (Å²) in [6.45, 7) is 0. The van der Waals surface area contributed by atoms with Gasteiger partial charge in [-0.1, -0.05) is 121 Å². The highest BCUT2D eigenvalue weighted by Gasteiger charge is 2.19. The quantitative estimate of drug-likeness (QED) is 0.226. The van der Waals surface area contributed by atoms with Crippen molar-refractivity contribution in [3.63, 3.8) is 0 Å². The maximum absolute atomic E-state index is 13.8. The number of fused-ring (bicyclic) bond motifs is 5. The predicted molar refractivity (Wildman–Crippen MR) is 171 cm³/mol. The summed E-state index contributed by atoms with van der Waals surface area (Å²) in [5.74, 6) is 0. The molecule has 0 aliphatic rings. The molecule has 42 heavy (non-hydrogen) atoms. The van der Waals surface area contributed by atoms with Gasteiger partial charge in [-0.3, -0.25) is 9.59 Å². The molecule has 0 radical (unpaired) electrons. The Labute approximate surface area is 241 Å². The van der Waals surface area contributed by atoms with Crippen molar-refractivity contribution in [2.75, 3.05) is 0 Å². The standard InChI is InChI=1S/C38H24N2O2/c41-37-33-23-27(31-17-9-7-15-29(31)25-11-3-1-4-12-25)19-21-35(33)39-36-22-20-28(24-34(36)38(42)40(37)39)32-18-10-8-16-30(32)26-13-5-2-6-14-26/h1-24H. The van der Waals surface area contributed by atoms with Gasteiger partial charge in [0.2, 0.25) is 0 Å². The zero-order chi connectivity index (χ0) is 28.2. The number of hydrogen-bond acceptors (Lipinski definition) is 2. The molecular formula is C38H24N2O2. The molecule has 0 aliphatic carbocycles. The van der Waals surface area contributed by atoms with Crippen molar-refractivity contribution in [3.05, 3.63) is 166 Å². The minimum absolute atomic E-state index is 0.309. The van der Waals surface area contributed by atoms with Crippen LogP contribution in [0.1, 0.15) is 0 Å². The first-order chi connectivity index (χ1) is 20.7. The Morgan fingerprint density at radius 3 is 1.10 bits per heavy atom. The molecule has 8 rings (SSSR count). The Bertz CT molecular complexity index is 2220. The smallest absolute Gasteiger partial charge is 0.267 e. The fourth-order valence-electron chi connectivity index (χ4n) is 6.18. The maximum Gasteiger partial charge on any atom is 0.282 e. The highest BCUT2D eigenvalue weighted by molar-refractivity contribution is 5.95. The van der Waals surface area contributed by atoms with E-state index in [2.05, 4.69) is 48.5 Å². The lowest BCUT2D eigenvalue weighted by atomic mass is 9.94. The van der Waals surface area contributed by atoms with E-state index in [4.69, 9.17) is 0 Å². The molecule has 0 aliphatic heterocycles. The largest absolute Gasteiger partial charge is 0.282 e. The van der Waals surface area contributed by atoms with Crippen molar-refractivity contribution in [1.29, 1.82) is 0 Å². The molecule has 4 nitrogen and oxygen atoms in total. The number of rotatable bonds is 4. The normalized spacial score (nSPS) is 11.5. The Morgan fingerprint density at radius 2 is 0.690 bits per heavy atom. The first-order valence-electron chi connectivity index (χ1n) is 14.0. The fraction of sp³-hybridized carbons (Fsp3) is 0. The minimum atomic E-state index is -0.309. The van der Waals surface area contributed by atoms with Gasteiger partial charge in [-0.15, -0.1) is 0 Å². The van der Waals surface area contributed by atoms with Crippen LogP contribution in [0.5, 0.6) is 0 Å². The Hall–Kier alpha value is -5.74. The van der Waals surface area contributed by atoms with Crippen LogP contribution < -0.4 is 11.1 Å². The van der Waals surface area contributed by atoms with E-state index in [1.54, 1.807) is 4.52 Å². The third-order valence-corrected chi connectivity index (χ3v) is 8.14.